The molecule has 8 heteroatoms. The molecule has 2 heterocycles. The molecule has 174 valence electrons. The second-order valence-electron chi connectivity index (χ2n) is 8.22. The molecule has 1 fully saturated rings. The van der Waals surface area contributed by atoms with E-state index in [1.165, 1.54) is 10.4 Å². The number of hydrogen-bond donors (Lipinski definition) is 1. The van der Waals surface area contributed by atoms with Gasteiger partial charge in [-0.25, -0.2) is 8.42 Å². The number of rotatable bonds is 6. The van der Waals surface area contributed by atoms with Crippen LogP contribution in [0.25, 0.3) is 11.0 Å². The van der Waals surface area contributed by atoms with E-state index in [1.54, 1.807) is 43.3 Å². The van der Waals surface area contributed by atoms with Gasteiger partial charge in [0.05, 0.1) is 4.90 Å². The number of aryl methyl sites for hydroxylation is 1. The number of amides is 1. The summed E-state index contributed by atoms with van der Waals surface area (Å²) in [7, 11) is -3.55. The number of benzene rings is 3. The van der Waals surface area contributed by atoms with Gasteiger partial charge in [-0.2, -0.15) is 4.31 Å². The molecule has 4 aromatic rings. The van der Waals surface area contributed by atoms with Gasteiger partial charge in [0.25, 0.3) is 5.91 Å². The largest absolute Gasteiger partial charge is 0.457 e. The molecule has 0 spiro atoms. The minimum absolute atomic E-state index is 0.148. The van der Waals surface area contributed by atoms with Crippen LogP contribution < -0.4 is 10.1 Å². The molecule has 0 aliphatic carbocycles. The number of sulfonamides is 1. The van der Waals surface area contributed by atoms with Gasteiger partial charge in [-0.3, -0.25) is 4.79 Å². The molecular weight excluding hydrogens is 452 g/mol. The van der Waals surface area contributed by atoms with E-state index in [9.17, 15) is 13.2 Å². The van der Waals surface area contributed by atoms with E-state index in [0.717, 1.165) is 18.6 Å². The molecule has 1 aliphatic rings. The van der Waals surface area contributed by atoms with Crippen molar-refractivity contribution in [1.82, 2.24) is 4.31 Å². The molecule has 0 bridgehead atoms. The predicted octanol–water partition coefficient (Wildman–Crippen LogP) is 5.57. The molecule has 1 aliphatic heterocycles. The summed E-state index contributed by atoms with van der Waals surface area (Å²) in [5, 5.41) is 3.43. The Labute approximate surface area is 198 Å². The lowest BCUT2D eigenvalue weighted by Crippen LogP contribution is -2.27. The standard InChI is InChI=1S/C26H24N2O5S/c1-18-23-17-22(34(30,31)28-15-5-6-16-28)13-14-24(23)33-25(18)26(29)27-19-9-11-21(12-10-19)32-20-7-3-2-4-8-20/h2-4,7-14,17H,5-6,15-16H2,1H3,(H,27,29). The highest BCUT2D eigenvalue weighted by molar-refractivity contribution is 7.89. The molecule has 5 rings (SSSR count). The number of carbonyl (C=O) groups is 1. The van der Waals surface area contributed by atoms with Crippen LogP contribution >= 0.6 is 0 Å². The monoisotopic (exact) mass is 476 g/mol. The quantitative estimate of drug-likeness (QED) is 0.393. The van der Waals surface area contributed by atoms with Gasteiger partial charge in [0.15, 0.2) is 5.76 Å². The van der Waals surface area contributed by atoms with Crippen LogP contribution in [0.1, 0.15) is 29.0 Å². The molecule has 0 unspecified atom stereocenters. The summed E-state index contributed by atoms with van der Waals surface area (Å²) in [6.07, 6.45) is 1.74. The van der Waals surface area contributed by atoms with Crippen LogP contribution in [0.4, 0.5) is 5.69 Å². The van der Waals surface area contributed by atoms with Crippen LogP contribution in [-0.4, -0.2) is 31.7 Å². The maximum atomic E-state index is 12.9. The maximum absolute atomic E-state index is 12.9. The van der Waals surface area contributed by atoms with Gasteiger partial charge >= 0.3 is 0 Å². The number of hydrogen-bond acceptors (Lipinski definition) is 5. The van der Waals surface area contributed by atoms with Gasteiger partial charge < -0.3 is 14.5 Å². The van der Waals surface area contributed by atoms with Gasteiger partial charge in [-0.15, -0.1) is 0 Å². The fraction of sp³-hybridized carbons (Fsp3) is 0.192. The number of fused-ring (bicyclic) bond motifs is 1. The third-order valence-electron chi connectivity index (χ3n) is 5.91. The zero-order valence-corrected chi connectivity index (χ0v) is 19.5. The van der Waals surface area contributed by atoms with Crippen molar-refractivity contribution in [2.24, 2.45) is 0 Å². The Morgan fingerprint density at radius 3 is 2.32 bits per heavy atom. The smallest absolute Gasteiger partial charge is 0.291 e. The number of ether oxygens (including phenoxy) is 1. The normalized spacial score (nSPS) is 14.4. The Balaban J connectivity index is 1.34. The average Bonchev–Trinajstić information content (AvgIpc) is 3.50. The van der Waals surface area contributed by atoms with E-state index < -0.39 is 15.9 Å². The summed E-state index contributed by atoms with van der Waals surface area (Å²) in [5.74, 6) is 1.11. The summed E-state index contributed by atoms with van der Waals surface area (Å²) < 4.78 is 38.9. The van der Waals surface area contributed by atoms with Crippen molar-refractivity contribution in [2.45, 2.75) is 24.7 Å². The first-order chi connectivity index (χ1) is 16.4. The first-order valence-corrected chi connectivity index (χ1v) is 12.5. The lowest BCUT2D eigenvalue weighted by Gasteiger charge is -2.15. The van der Waals surface area contributed by atoms with Gasteiger partial charge in [-0.05, 0) is 74.4 Å². The molecule has 1 saturated heterocycles. The minimum atomic E-state index is -3.55. The summed E-state index contributed by atoms with van der Waals surface area (Å²) >= 11 is 0. The van der Waals surface area contributed by atoms with Gasteiger partial charge in [0.2, 0.25) is 10.0 Å². The topological polar surface area (TPSA) is 88.8 Å². The average molecular weight is 477 g/mol. The SMILES string of the molecule is Cc1c(C(=O)Nc2ccc(Oc3ccccc3)cc2)oc2ccc(S(=O)(=O)N3CCCC3)cc12. The van der Waals surface area contributed by atoms with Crippen molar-refractivity contribution in [3.63, 3.8) is 0 Å². The van der Waals surface area contributed by atoms with Crippen LogP contribution in [-0.2, 0) is 10.0 Å². The van der Waals surface area contributed by atoms with E-state index in [2.05, 4.69) is 5.32 Å². The van der Waals surface area contributed by atoms with Crippen LogP contribution in [0.15, 0.2) is 82.1 Å². The molecule has 0 atom stereocenters. The van der Waals surface area contributed by atoms with Crippen molar-refractivity contribution >= 4 is 32.6 Å². The zero-order chi connectivity index (χ0) is 23.7. The van der Waals surface area contributed by atoms with Gasteiger partial charge in [0.1, 0.15) is 17.1 Å². The summed E-state index contributed by atoms with van der Waals surface area (Å²) in [6.45, 7) is 2.82. The van der Waals surface area contributed by atoms with Crippen molar-refractivity contribution in [2.75, 3.05) is 18.4 Å². The maximum Gasteiger partial charge on any atom is 0.291 e. The van der Waals surface area contributed by atoms with Crippen molar-refractivity contribution in [3.8, 4) is 11.5 Å². The van der Waals surface area contributed by atoms with Crippen LogP contribution in [0.2, 0.25) is 0 Å². The highest BCUT2D eigenvalue weighted by Crippen LogP contribution is 2.30. The summed E-state index contributed by atoms with van der Waals surface area (Å²) in [4.78, 5) is 13.1. The number of furan rings is 1. The summed E-state index contributed by atoms with van der Waals surface area (Å²) in [5.41, 5.74) is 1.65. The third-order valence-corrected chi connectivity index (χ3v) is 7.80. The van der Waals surface area contributed by atoms with Crippen molar-refractivity contribution in [1.29, 1.82) is 0 Å². The molecule has 1 N–H and O–H groups in total. The Bertz CT molecular complexity index is 1440. The summed E-state index contributed by atoms with van der Waals surface area (Å²) in [6, 6.07) is 21.2. The Morgan fingerprint density at radius 1 is 0.941 bits per heavy atom. The Hall–Kier alpha value is -3.62. The second kappa shape index (κ2) is 8.96. The predicted molar refractivity (Wildman–Crippen MR) is 130 cm³/mol. The third kappa shape index (κ3) is 4.30. The number of carbonyl (C=O) groups excluding carboxylic acids is 1. The van der Waals surface area contributed by atoms with Crippen LogP contribution in [0.5, 0.6) is 11.5 Å². The molecule has 0 saturated carbocycles. The Kier molecular flexibility index (Phi) is 5.85. The van der Waals surface area contributed by atoms with E-state index in [1.807, 2.05) is 30.3 Å². The van der Waals surface area contributed by atoms with Crippen molar-refractivity contribution in [3.05, 3.63) is 84.1 Å². The molecule has 34 heavy (non-hydrogen) atoms. The lowest BCUT2D eigenvalue weighted by atomic mass is 10.1. The lowest BCUT2D eigenvalue weighted by molar-refractivity contribution is 0.0998. The number of nitrogens with one attached hydrogen (secondary N) is 1. The van der Waals surface area contributed by atoms with Crippen molar-refractivity contribution < 1.29 is 22.4 Å². The fourth-order valence-electron chi connectivity index (χ4n) is 4.07. The van der Waals surface area contributed by atoms with E-state index in [-0.39, 0.29) is 10.7 Å². The molecule has 1 amide bonds. The highest BCUT2D eigenvalue weighted by Gasteiger charge is 2.28. The molecular formula is C26H24N2O5S. The molecule has 3 aromatic carbocycles. The molecule has 7 nitrogen and oxygen atoms in total. The molecule has 0 radical (unpaired) electrons. The van der Waals surface area contributed by atoms with Crippen LogP contribution in [0.3, 0.4) is 0 Å². The van der Waals surface area contributed by atoms with E-state index in [0.29, 0.717) is 41.1 Å². The number of para-hydroxylation sites is 1. The Morgan fingerprint density at radius 2 is 1.62 bits per heavy atom. The first-order valence-electron chi connectivity index (χ1n) is 11.1. The van der Waals surface area contributed by atoms with E-state index in [4.69, 9.17) is 9.15 Å². The number of anilines is 1. The second-order valence-corrected chi connectivity index (χ2v) is 10.2. The van der Waals surface area contributed by atoms with Gasteiger partial charge in [-0.1, -0.05) is 18.2 Å². The highest BCUT2D eigenvalue weighted by atomic mass is 32.2. The minimum Gasteiger partial charge on any atom is -0.457 e. The first kappa shape index (κ1) is 22.2. The number of nitrogens with zero attached hydrogens (tertiary/aromatic N) is 1. The van der Waals surface area contributed by atoms with Gasteiger partial charge in [0, 0.05) is 29.7 Å². The molecule has 1 aromatic heterocycles. The van der Waals surface area contributed by atoms with Crippen LogP contribution in [0, 0.1) is 6.92 Å². The zero-order valence-electron chi connectivity index (χ0n) is 18.7. The fourth-order valence-corrected chi connectivity index (χ4v) is 5.62. The van der Waals surface area contributed by atoms with E-state index >= 15 is 0 Å².